The topological polar surface area (TPSA) is 95.6 Å². The average Bonchev–Trinajstić information content (AvgIpc) is 3.28. The first-order valence-corrected chi connectivity index (χ1v) is 10.9. The second kappa shape index (κ2) is 9.19. The van der Waals surface area contributed by atoms with Gasteiger partial charge in [-0.15, -0.1) is 6.58 Å². The molecule has 1 aliphatic heterocycles. The van der Waals surface area contributed by atoms with Crippen LogP contribution in [-0.4, -0.2) is 44.2 Å². The first kappa shape index (κ1) is 21.7. The third-order valence-electron chi connectivity index (χ3n) is 4.70. The highest BCUT2D eigenvalue weighted by atomic mass is 32.2. The zero-order valence-corrected chi connectivity index (χ0v) is 17.0. The Bertz CT molecular complexity index is 1080. The second-order valence-electron chi connectivity index (χ2n) is 6.75. The number of carbonyl (C=O) groups is 2. The number of sulfonamides is 1. The zero-order valence-electron chi connectivity index (χ0n) is 16.2. The van der Waals surface area contributed by atoms with Gasteiger partial charge in [0.25, 0.3) is 11.8 Å². The summed E-state index contributed by atoms with van der Waals surface area (Å²) in [7, 11) is -4.03. The first-order valence-electron chi connectivity index (χ1n) is 9.44. The summed E-state index contributed by atoms with van der Waals surface area (Å²) in [6.45, 7) is 4.44. The van der Waals surface area contributed by atoms with E-state index < -0.39 is 32.6 Å². The Hall–Kier alpha value is -3.04. The molecule has 0 aliphatic carbocycles. The summed E-state index contributed by atoms with van der Waals surface area (Å²) in [5, 5.41) is 5.22. The molecule has 7 nitrogen and oxygen atoms in total. The Kier molecular flexibility index (Phi) is 6.63. The molecule has 158 valence electrons. The number of benzene rings is 2. The molecule has 0 spiro atoms. The van der Waals surface area contributed by atoms with Gasteiger partial charge < -0.3 is 10.6 Å². The zero-order chi connectivity index (χ0) is 21.7. The van der Waals surface area contributed by atoms with Gasteiger partial charge in [0, 0.05) is 25.2 Å². The number of nitrogens with one attached hydrogen (secondary N) is 2. The predicted molar refractivity (Wildman–Crippen MR) is 111 cm³/mol. The van der Waals surface area contributed by atoms with Gasteiger partial charge >= 0.3 is 0 Å². The maximum absolute atomic E-state index is 14.3. The van der Waals surface area contributed by atoms with Gasteiger partial charge in [-0.3, -0.25) is 9.59 Å². The molecule has 9 heteroatoms. The van der Waals surface area contributed by atoms with Crippen LogP contribution in [0.2, 0.25) is 0 Å². The maximum Gasteiger partial charge on any atom is 0.255 e. The van der Waals surface area contributed by atoms with E-state index in [1.54, 1.807) is 24.3 Å². The largest absolute Gasteiger partial charge is 0.349 e. The summed E-state index contributed by atoms with van der Waals surface area (Å²) in [5.41, 5.74) is 0.451. The summed E-state index contributed by atoms with van der Waals surface area (Å²) in [6.07, 6.45) is 2.96. The minimum absolute atomic E-state index is 0.0320. The van der Waals surface area contributed by atoms with Crippen LogP contribution in [0.1, 0.15) is 33.6 Å². The SMILES string of the molecule is C=CCNC(=O)c1ccccc1NC(=O)c1ccc(F)c(S(=O)(=O)N2CCCC2)c1. The van der Waals surface area contributed by atoms with Gasteiger partial charge in [0.05, 0.1) is 11.3 Å². The van der Waals surface area contributed by atoms with Crippen LogP contribution in [0.15, 0.2) is 60.0 Å². The molecule has 1 aliphatic rings. The lowest BCUT2D eigenvalue weighted by Crippen LogP contribution is -2.29. The number of hydrogen-bond acceptors (Lipinski definition) is 4. The molecule has 1 heterocycles. The van der Waals surface area contributed by atoms with Gasteiger partial charge in [-0.05, 0) is 43.2 Å². The minimum atomic E-state index is -4.03. The minimum Gasteiger partial charge on any atom is -0.349 e. The molecular weight excluding hydrogens is 409 g/mol. The van der Waals surface area contributed by atoms with Crippen molar-refractivity contribution in [2.24, 2.45) is 0 Å². The number of hydrogen-bond donors (Lipinski definition) is 2. The van der Waals surface area contributed by atoms with Gasteiger partial charge in [0.1, 0.15) is 10.7 Å². The number of rotatable bonds is 7. The molecule has 0 radical (unpaired) electrons. The van der Waals surface area contributed by atoms with E-state index in [1.165, 1.54) is 16.4 Å². The smallest absolute Gasteiger partial charge is 0.255 e. The van der Waals surface area contributed by atoms with Crippen molar-refractivity contribution >= 4 is 27.5 Å². The first-order chi connectivity index (χ1) is 14.3. The Balaban J connectivity index is 1.87. The van der Waals surface area contributed by atoms with Gasteiger partial charge in [-0.2, -0.15) is 4.31 Å². The summed E-state index contributed by atoms with van der Waals surface area (Å²) in [4.78, 5) is 24.5. The van der Waals surface area contributed by atoms with Crippen molar-refractivity contribution in [2.45, 2.75) is 17.7 Å². The normalized spacial score (nSPS) is 14.3. The van der Waals surface area contributed by atoms with Crippen LogP contribution < -0.4 is 10.6 Å². The lowest BCUT2D eigenvalue weighted by Gasteiger charge is -2.17. The van der Waals surface area contributed by atoms with E-state index in [0.717, 1.165) is 12.1 Å². The van der Waals surface area contributed by atoms with Crippen LogP contribution in [0.25, 0.3) is 0 Å². The van der Waals surface area contributed by atoms with E-state index in [-0.39, 0.29) is 23.4 Å². The quantitative estimate of drug-likeness (QED) is 0.659. The number of para-hydroxylation sites is 1. The summed E-state index contributed by atoms with van der Waals surface area (Å²) in [5.74, 6) is -1.97. The highest BCUT2D eigenvalue weighted by Crippen LogP contribution is 2.25. The van der Waals surface area contributed by atoms with E-state index in [1.807, 2.05) is 0 Å². The molecule has 0 unspecified atom stereocenters. The summed E-state index contributed by atoms with van der Waals surface area (Å²) in [6, 6.07) is 9.58. The van der Waals surface area contributed by atoms with Crippen LogP contribution in [-0.2, 0) is 10.0 Å². The summed E-state index contributed by atoms with van der Waals surface area (Å²) >= 11 is 0. The number of carbonyl (C=O) groups excluding carboxylic acids is 2. The van der Waals surface area contributed by atoms with Gasteiger partial charge in [-0.1, -0.05) is 18.2 Å². The lowest BCUT2D eigenvalue weighted by atomic mass is 10.1. The number of anilines is 1. The van der Waals surface area contributed by atoms with E-state index in [4.69, 9.17) is 0 Å². The Morgan fingerprint density at radius 2 is 1.80 bits per heavy atom. The molecule has 0 atom stereocenters. The van der Waals surface area contributed by atoms with Gasteiger partial charge in [0.15, 0.2) is 0 Å². The highest BCUT2D eigenvalue weighted by Gasteiger charge is 2.30. The van der Waals surface area contributed by atoms with Crippen LogP contribution in [0.5, 0.6) is 0 Å². The van der Waals surface area contributed by atoms with Crippen LogP contribution in [0.4, 0.5) is 10.1 Å². The monoisotopic (exact) mass is 431 g/mol. The van der Waals surface area contributed by atoms with Crippen molar-refractivity contribution in [1.29, 1.82) is 0 Å². The Morgan fingerprint density at radius 1 is 1.10 bits per heavy atom. The molecule has 2 N–H and O–H groups in total. The number of halogens is 1. The molecule has 1 saturated heterocycles. The van der Waals surface area contributed by atoms with Crippen molar-refractivity contribution in [3.63, 3.8) is 0 Å². The van der Waals surface area contributed by atoms with E-state index >= 15 is 0 Å². The molecule has 1 fully saturated rings. The fraction of sp³-hybridized carbons (Fsp3) is 0.238. The molecule has 2 amide bonds. The van der Waals surface area contributed by atoms with Crippen LogP contribution in [0.3, 0.4) is 0 Å². The van der Waals surface area contributed by atoms with Gasteiger partial charge in [0.2, 0.25) is 10.0 Å². The molecule has 3 rings (SSSR count). The standard InChI is InChI=1S/C21H22FN3O4S/c1-2-11-23-21(27)16-7-3-4-8-18(16)24-20(26)15-9-10-17(22)19(14-15)30(28,29)25-12-5-6-13-25/h2-4,7-10,14H,1,5-6,11-13H2,(H,23,27)(H,24,26). The molecule has 30 heavy (non-hydrogen) atoms. The second-order valence-corrected chi connectivity index (χ2v) is 8.66. The predicted octanol–water partition coefficient (Wildman–Crippen LogP) is 2.78. The van der Waals surface area contributed by atoms with Crippen LogP contribution >= 0.6 is 0 Å². The summed E-state index contributed by atoms with van der Waals surface area (Å²) < 4.78 is 41.0. The number of amides is 2. The maximum atomic E-state index is 14.3. The Labute approximate surface area is 174 Å². The van der Waals surface area contributed by atoms with Gasteiger partial charge in [-0.25, -0.2) is 12.8 Å². The molecule has 2 aromatic rings. The Morgan fingerprint density at radius 3 is 2.50 bits per heavy atom. The van der Waals surface area contributed by atoms with E-state index in [0.29, 0.717) is 25.9 Å². The fourth-order valence-corrected chi connectivity index (χ4v) is 4.76. The molecular formula is C21H22FN3O4S. The molecule has 2 aromatic carbocycles. The molecule has 0 bridgehead atoms. The van der Waals surface area contributed by atoms with Crippen molar-refractivity contribution in [1.82, 2.24) is 9.62 Å². The molecule has 0 aromatic heterocycles. The highest BCUT2D eigenvalue weighted by molar-refractivity contribution is 7.89. The number of nitrogens with zero attached hydrogens (tertiary/aromatic N) is 1. The average molecular weight is 431 g/mol. The van der Waals surface area contributed by atoms with Crippen molar-refractivity contribution < 1.29 is 22.4 Å². The fourth-order valence-electron chi connectivity index (χ4n) is 3.15. The van der Waals surface area contributed by atoms with Crippen molar-refractivity contribution in [2.75, 3.05) is 25.0 Å². The van der Waals surface area contributed by atoms with E-state index in [2.05, 4.69) is 17.2 Å². The van der Waals surface area contributed by atoms with Crippen LogP contribution in [0, 0.1) is 5.82 Å². The molecule has 0 saturated carbocycles. The third-order valence-corrected chi connectivity index (χ3v) is 6.62. The van der Waals surface area contributed by atoms with Crippen molar-refractivity contribution in [3.8, 4) is 0 Å². The third kappa shape index (κ3) is 4.58. The van der Waals surface area contributed by atoms with E-state index in [9.17, 15) is 22.4 Å². The lowest BCUT2D eigenvalue weighted by molar-refractivity contribution is 0.0959. The van der Waals surface area contributed by atoms with Crippen molar-refractivity contribution in [3.05, 3.63) is 72.1 Å².